The van der Waals surface area contributed by atoms with Crippen molar-refractivity contribution in [2.24, 2.45) is 0 Å². The van der Waals surface area contributed by atoms with Crippen LogP contribution in [0.4, 0.5) is 4.39 Å². The van der Waals surface area contributed by atoms with Gasteiger partial charge in [0.15, 0.2) is 0 Å². The average molecular weight is 288 g/mol. The molecule has 0 spiro atoms. The van der Waals surface area contributed by atoms with E-state index in [1.54, 1.807) is 6.07 Å². The molecule has 0 atom stereocenters. The quantitative estimate of drug-likeness (QED) is 0.769. The Kier molecular flexibility index (Phi) is 2.98. The SMILES string of the molecule is O=C(O)Cn1ncn2nc(-c3cccc(F)c3)cc2c1=O. The fourth-order valence-corrected chi connectivity index (χ4v) is 1.97. The molecule has 0 saturated heterocycles. The Balaban J connectivity index is 2.14. The highest BCUT2D eigenvalue weighted by molar-refractivity contribution is 5.67. The van der Waals surface area contributed by atoms with Crippen LogP contribution in [0.15, 0.2) is 41.5 Å². The van der Waals surface area contributed by atoms with Gasteiger partial charge in [0, 0.05) is 5.56 Å². The van der Waals surface area contributed by atoms with Gasteiger partial charge >= 0.3 is 5.97 Å². The number of halogens is 1. The van der Waals surface area contributed by atoms with Crippen LogP contribution in [0, 0.1) is 5.82 Å². The van der Waals surface area contributed by atoms with Crippen molar-refractivity contribution in [3.8, 4) is 11.3 Å². The first-order valence-electron chi connectivity index (χ1n) is 5.98. The first kappa shape index (κ1) is 13.0. The van der Waals surface area contributed by atoms with Crippen molar-refractivity contribution in [3.63, 3.8) is 0 Å². The minimum Gasteiger partial charge on any atom is -0.480 e. The van der Waals surface area contributed by atoms with E-state index in [2.05, 4.69) is 10.2 Å². The topological polar surface area (TPSA) is 89.5 Å². The number of hydrogen-bond donors (Lipinski definition) is 1. The van der Waals surface area contributed by atoms with E-state index in [4.69, 9.17) is 5.11 Å². The van der Waals surface area contributed by atoms with Gasteiger partial charge in [-0.3, -0.25) is 9.59 Å². The molecule has 0 amide bonds. The molecule has 1 aromatic carbocycles. The average Bonchev–Trinajstić information content (AvgIpc) is 2.86. The summed E-state index contributed by atoms with van der Waals surface area (Å²) >= 11 is 0. The summed E-state index contributed by atoms with van der Waals surface area (Å²) in [6, 6.07) is 7.27. The van der Waals surface area contributed by atoms with Gasteiger partial charge < -0.3 is 5.11 Å². The number of aliphatic carboxylic acids is 1. The molecule has 0 aliphatic rings. The number of carboxylic acid groups (broad SMARTS) is 1. The summed E-state index contributed by atoms with van der Waals surface area (Å²) in [5, 5.41) is 16.6. The Labute approximate surface area is 116 Å². The first-order chi connectivity index (χ1) is 10.0. The van der Waals surface area contributed by atoms with Crippen molar-refractivity contribution in [3.05, 3.63) is 52.8 Å². The highest BCUT2D eigenvalue weighted by Gasteiger charge is 2.11. The summed E-state index contributed by atoms with van der Waals surface area (Å²) in [7, 11) is 0. The monoisotopic (exact) mass is 288 g/mol. The minimum absolute atomic E-state index is 0.172. The molecule has 0 aliphatic heterocycles. The van der Waals surface area contributed by atoms with Crippen molar-refractivity contribution in [1.82, 2.24) is 19.4 Å². The van der Waals surface area contributed by atoms with Crippen LogP contribution in [0.25, 0.3) is 16.8 Å². The molecule has 2 heterocycles. The van der Waals surface area contributed by atoms with Gasteiger partial charge in [-0.25, -0.2) is 13.6 Å². The maximum Gasteiger partial charge on any atom is 0.325 e. The van der Waals surface area contributed by atoms with Crippen molar-refractivity contribution in [2.45, 2.75) is 6.54 Å². The predicted molar refractivity (Wildman–Crippen MR) is 70.3 cm³/mol. The van der Waals surface area contributed by atoms with Crippen LogP contribution in [0.2, 0.25) is 0 Å². The van der Waals surface area contributed by atoms with Gasteiger partial charge in [-0.2, -0.15) is 10.2 Å². The normalized spacial score (nSPS) is 10.9. The molecule has 21 heavy (non-hydrogen) atoms. The van der Waals surface area contributed by atoms with Gasteiger partial charge in [-0.15, -0.1) is 0 Å². The van der Waals surface area contributed by atoms with Crippen LogP contribution < -0.4 is 5.56 Å². The van der Waals surface area contributed by atoms with Crippen molar-refractivity contribution >= 4 is 11.5 Å². The van der Waals surface area contributed by atoms with Crippen molar-refractivity contribution < 1.29 is 14.3 Å². The van der Waals surface area contributed by atoms with Crippen LogP contribution >= 0.6 is 0 Å². The Morgan fingerprint density at radius 2 is 2.14 bits per heavy atom. The highest BCUT2D eigenvalue weighted by atomic mass is 19.1. The lowest BCUT2D eigenvalue weighted by Gasteiger charge is -1.99. The second kappa shape index (κ2) is 4.82. The van der Waals surface area contributed by atoms with Crippen LogP contribution in [0.1, 0.15) is 0 Å². The van der Waals surface area contributed by atoms with E-state index < -0.39 is 23.9 Å². The predicted octanol–water partition coefficient (Wildman–Crippen LogP) is 0.782. The lowest BCUT2D eigenvalue weighted by atomic mass is 10.1. The number of rotatable bonds is 3. The molecule has 0 unspecified atom stereocenters. The number of carbonyl (C=O) groups is 1. The zero-order valence-electron chi connectivity index (χ0n) is 10.6. The van der Waals surface area contributed by atoms with Gasteiger partial charge in [0.05, 0.1) is 5.69 Å². The molecule has 3 rings (SSSR count). The number of nitrogens with zero attached hydrogens (tertiary/aromatic N) is 4. The molecule has 2 aromatic heterocycles. The van der Waals surface area contributed by atoms with Crippen LogP contribution in [0.3, 0.4) is 0 Å². The Hall–Kier alpha value is -3.03. The number of fused-ring (bicyclic) bond motifs is 1. The third-order valence-electron chi connectivity index (χ3n) is 2.90. The molecule has 0 saturated carbocycles. The molecule has 3 aromatic rings. The minimum atomic E-state index is -1.17. The molecule has 7 nitrogen and oxygen atoms in total. The largest absolute Gasteiger partial charge is 0.480 e. The summed E-state index contributed by atoms with van der Waals surface area (Å²) in [5.74, 6) is -1.58. The van der Waals surface area contributed by atoms with E-state index in [1.165, 1.54) is 35.1 Å². The summed E-state index contributed by atoms with van der Waals surface area (Å²) < 4.78 is 15.3. The molecule has 0 bridgehead atoms. The van der Waals surface area contributed by atoms with Crippen LogP contribution in [-0.2, 0) is 11.3 Å². The Bertz CT molecular complexity index is 900. The molecular weight excluding hydrogens is 279 g/mol. The Morgan fingerprint density at radius 1 is 1.33 bits per heavy atom. The highest BCUT2D eigenvalue weighted by Crippen LogP contribution is 2.18. The van der Waals surface area contributed by atoms with Gasteiger partial charge in [0.1, 0.15) is 24.2 Å². The molecule has 0 fully saturated rings. The standard InChI is InChI=1S/C13H9FN4O3/c14-9-3-1-2-8(4-9)10-5-11-13(21)17(6-12(19)20)15-7-18(11)16-10/h1-5,7H,6H2,(H,19,20). The smallest absolute Gasteiger partial charge is 0.325 e. The maximum absolute atomic E-state index is 13.2. The van der Waals surface area contributed by atoms with Crippen molar-refractivity contribution in [2.75, 3.05) is 0 Å². The lowest BCUT2D eigenvalue weighted by molar-refractivity contribution is -0.138. The molecule has 8 heteroatoms. The zero-order valence-corrected chi connectivity index (χ0v) is 10.6. The van der Waals surface area contributed by atoms with E-state index in [-0.39, 0.29) is 5.52 Å². The van der Waals surface area contributed by atoms with E-state index in [0.717, 1.165) is 4.68 Å². The lowest BCUT2D eigenvalue weighted by Crippen LogP contribution is -2.27. The van der Waals surface area contributed by atoms with Crippen LogP contribution in [0.5, 0.6) is 0 Å². The zero-order chi connectivity index (χ0) is 15.0. The molecule has 0 radical (unpaired) electrons. The van der Waals surface area contributed by atoms with E-state index >= 15 is 0 Å². The van der Waals surface area contributed by atoms with E-state index in [1.807, 2.05) is 0 Å². The second-order valence-electron chi connectivity index (χ2n) is 4.36. The van der Waals surface area contributed by atoms with E-state index in [9.17, 15) is 14.0 Å². The van der Waals surface area contributed by atoms with Crippen molar-refractivity contribution in [1.29, 1.82) is 0 Å². The van der Waals surface area contributed by atoms with Gasteiger partial charge in [-0.1, -0.05) is 12.1 Å². The second-order valence-corrected chi connectivity index (χ2v) is 4.36. The number of hydrogen-bond acceptors (Lipinski definition) is 4. The molecule has 1 N–H and O–H groups in total. The summed E-state index contributed by atoms with van der Waals surface area (Å²) in [6.45, 7) is -0.532. The third kappa shape index (κ3) is 2.38. The molecule has 106 valence electrons. The summed E-state index contributed by atoms with van der Waals surface area (Å²) in [5.41, 5.74) is 0.518. The summed E-state index contributed by atoms with van der Waals surface area (Å²) in [4.78, 5) is 22.7. The number of benzene rings is 1. The number of carboxylic acids is 1. The Morgan fingerprint density at radius 3 is 2.86 bits per heavy atom. The fraction of sp³-hybridized carbons (Fsp3) is 0.0769. The molecular formula is C13H9FN4O3. The maximum atomic E-state index is 13.2. The van der Waals surface area contributed by atoms with Gasteiger partial charge in [0.2, 0.25) is 0 Å². The summed E-state index contributed by atoms with van der Waals surface area (Å²) in [6.07, 6.45) is 1.24. The third-order valence-corrected chi connectivity index (χ3v) is 2.90. The van der Waals surface area contributed by atoms with Crippen LogP contribution in [-0.4, -0.2) is 30.5 Å². The van der Waals surface area contributed by atoms with Gasteiger partial charge in [-0.05, 0) is 18.2 Å². The van der Waals surface area contributed by atoms with E-state index in [0.29, 0.717) is 11.3 Å². The fourth-order valence-electron chi connectivity index (χ4n) is 1.97. The first-order valence-corrected chi connectivity index (χ1v) is 5.98. The molecule has 0 aliphatic carbocycles. The van der Waals surface area contributed by atoms with Gasteiger partial charge in [0.25, 0.3) is 5.56 Å². The number of aromatic nitrogens is 4.